The standard InChI is InChI=1S/C9H8BrF2NO2/c1-4-7(9(14)15)6(8(11)12)2-5(3-10)13-4/h2,8H,3H2,1H3,(H,14,15). The molecule has 15 heavy (non-hydrogen) atoms. The zero-order chi connectivity index (χ0) is 11.6. The minimum Gasteiger partial charge on any atom is -0.478 e. The normalized spacial score (nSPS) is 10.7. The minimum atomic E-state index is -2.81. The van der Waals surface area contributed by atoms with Crippen molar-refractivity contribution in [2.75, 3.05) is 0 Å². The van der Waals surface area contributed by atoms with Crippen LogP contribution in [0.15, 0.2) is 6.07 Å². The minimum absolute atomic E-state index is 0.106. The fourth-order valence-electron chi connectivity index (χ4n) is 1.28. The summed E-state index contributed by atoms with van der Waals surface area (Å²) in [6.45, 7) is 1.40. The molecule has 0 unspecified atom stereocenters. The maximum atomic E-state index is 12.6. The Morgan fingerprint density at radius 2 is 2.27 bits per heavy atom. The third-order valence-electron chi connectivity index (χ3n) is 1.87. The summed E-state index contributed by atoms with van der Waals surface area (Å²) in [7, 11) is 0. The first-order valence-corrected chi connectivity index (χ1v) is 5.17. The van der Waals surface area contributed by atoms with Crippen LogP contribution in [0.2, 0.25) is 0 Å². The first-order chi connectivity index (χ1) is 6.97. The topological polar surface area (TPSA) is 50.2 Å². The molecule has 0 spiro atoms. The van der Waals surface area contributed by atoms with Gasteiger partial charge in [-0.1, -0.05) is 15.9 Å². The summed E-state index contributed by atoms with van der Waals surface area (Å²) in [6, 6.07) is 1.11. The highest BCUT2D eigenvalue weighted by molar-refractivity contribution is 9.08. The largest absolute Gasteiger partial charge is 0.478 e. The van der Waals surface area contributed by atoms with Gasteiger partial charge in [0.25, 0.3) is 6.43 Å². The Kier molecular flexibility index (Phi) is 3.73. The molecule has 1 N–H and O–H groups in total. The molecular formula is C9H8BrF2NO2. The predicted octanol–water partition coefficient (Wildman–Crippen LogP) is 2.92. The first kappa shape index (κ1) is 12.0. The van der Waals surface area contributed by atoms with Gasteiger partial charge >= 0.3 is 5.97 Å². The second-order valence-electron chi connectivity index (χ2n) is 2.90. The molecule has 0 saturated heterocycles. The van der Waals surface area contributed by atoms with E-state index in [2.05, 4.69) is 20.9 Å². The number of nitrogens with zero attached hydrogens (tertiary/aromatic N) is 1. The molecule has 0 aromatic carbocycles. The van der Waals surface area contributed by atoms with Gasteiger partial charge in [-0.2, -0.15) is 0 Å². The number of carboxylic acids is 1. The second kappa shape index (κ2) is 4.65. The summed E-state index contributed by atoms with van der Waals surface area (Å²) in [5.41, 5.74) is -0.387. The summed E-state index contributed by atoms with van der Waals surface area (Å²) in [4.78, 5) is 14.7. The van der Waals surface area contributed by atoms with Gasteiger partial charge in [-0.3, -0.25) is 4.98 Å². The van der Waals surface area contributed by atoms with Crippen LogP contribution in [0.3, 0.4) is 0 Å². The van der Waals surface area contributed by atoms with Crippen LogP contribution in [0.5, 0.6) is 0 Å². The zero-order valence-electron chi connectivity index (χ0n) is 7.80. The van der Waals surface area contributed by atoms with Crippen molar-refractivity contribution >= 4 is 21.9 Å². The number of rotatable bonds is 3. The summed E-state index contributed by atoms with van der Waals surface area (Å²) in [5.74, 6) is -1.38. The van der Waals surface area contributed by atoms with Crippen molar-refractivity contribution in [2.45, 2.75) is 18.7 Å². The number of carbonyl (C=O) groups is 1. The average Bonchev–Trinajstić information content (AvgIpc) is 2.15. The van der Waals surface area contributed by atoms with Gasteiger partial charge in [0.2, 0.25) is 0 Å². The highest BCUT2D eigenvalue weighted by Crippen LogP contribution is 2.26. The van der Waals surface area contributed by atoms with Gasteiger partial charge < -0.3 is 5.11 Å². The number of hydrogen-bond acceptors (Lipinski definition) is 2. The number of aromatic carboxylic acids is 1. The Bertz CT molecular complexity index is 396. The number of pyridine rings is 1. The molecule has 0 fully saturated rings. The van der Waals surface area contributed by atoms with Crippen molar-refractivity contribution in [2.24, 2.45) is 0 Å². The fraction of sp³-hybridized carbons (Fsp3) is 0.333. The highest BCUT2D eigenvalue weighted by atomic mass is 79.9. The molecule has 1 aromatic rings. The van der Waals surface area contributed by atoms with E-state index >= 15 is 0 Å². The van der Waals surface area contributed by atoms with Gasteiger partial charge in [-0.05, 0) is 13.0 Å². The summed E-state index contributed by atoms with van der Waals surface area (Å²) in [6.07, 6.45) is -2.81. The summed E-state index contributed by atoms with van der Waals surface area (Å²) >= 11 is 3.08. The van der Waals surface area contributed by atoms with E-state index in [0.717, 1.165) is 6.07 Å². The predicted molar refractivity (Wildman–Crippen MR) is 53.5 cm³/mol. The molecule has 1 heterocycles. The van der Waals surface area contributed by atoms with Gasteiger partial charge in [-0.15, -0.1) is 0 Å². The zero-order valence-corrected chi connectivity index (χ0v) is 9.38. The average molecular weight is 280 g/mol. The van der Waals surface area contributed by atoms with Crippen molar-refractivity contribution in [3.8, 4) is 0 Å². The van der Waals surface area contributed by atoms with Gasteiger partial charge in [0.15, 0.2) is 0 Å². The number of halogens is 3. The third-order valence-corrected chi connectivity index (χ3v) is 2.44. The van der Waals surface area contributed by atoms with Crippen molar-refractivity contribution in [3.05, 3.63) is 28.6 Å². The molecule has 0 aliphatic rings. The molecule has 82 valence electrons. The molecule has 0 aliphatic heterocycles. The molecule has 1 aromatic heterocycles. The molecule has 3 nitrogen and oxygen atoms in total. The summed E-state index contributed by atoms with van der Waals surface area (Å²) in [5, 5.41) is 9.09. The van der Waals surface area contributed by atoms with Crippen LogP contribution < -0.4 is 0 Å². The number of aromatic nitrogens is 1. The van der Waals surface area contributed by atoms with E-state index in [1.807, 2.05) is 0 Å². The Morgan fingerprint density at radius 3 is 2.67 bits per heavy atom. The van der Waals surface area contributed by atoms with E-state index in [-0.39, 0.29) is 5.69 Å². The molecule has 0 atom stereocenters. The van der Waals surface area contributed by atoms with Gasteiger partial charge in [0.1, 0.15) is 0 Å². The van der Waals surface area contributed by atoms with E-state index in [1.54, 1.807) is 0 Å². The van der Waals surface area contributed by atoms with Crippen LogP contribution >= 0.6 is 15.9 Å². The van der Waals surface area contributed by atoms with Gasteiger partial charge in [0, 0.05) is 10.9 Å². The van der Waals surface area contributed by atoms with E-state index in [4.69, 9.17) is 5.11 Å². The number of carboxylic acid groups (broad SMARTS) is 1. The second-order valence-corrected chi connectivity index (χ2v) is 3.46. The molecule has 0 amide bonds. The smallest absolute Gasteiger partial charge is 0.338 e. The van der Waals surface area contributed by atoms with E-state index in [0.29, 0.717) is 11.0 Å². The SMILES string of the molecule is Cc1nc(CBr)cc(C(F)F)c1C(=O)O. The fourth-order valence-corrected chi connectivity index (χ4v) is 1.57. The van der Waals surface area contributed by atoms with Crippen molar-refractivity contribution in [3.63, 3.8) is 0 Å². The molecule has 0 bridgehead atoms. The molecule has 0 saturated carbocycles. The lowest BCUT2D eigenvalue weighted by Gasteiger charge is -2.09. The van der Waals surface area contributed by atoms with E-state index in [1.165, 1.54) is 6.92 Å². The van der Waals surface area contributed by atoms with Crippen LogP contribution in [0, 0.1) is 6.92 Å². The lowest BCUT2D eigenvalue weighted by Crippen LogP contribution is -2.09. The Balaban J connectivity index is 3.42. The lowest BCUT2D eigenvalue weighted by molar-refractivity contribution is 0.0683. The van der Waals surface area contributed by atoms with Crippen LogP contribution in [0.25, 0.3) is 0 Å². The quantitative estimate of drug-likeness (QED) is 0.866. The third kappa shape index (κ3) is 2.50. The first-order valence-electron chi connectivity index (χ1n) is 4.05. The van der Waals surface area contributed by atoms with Crippen molar-refractivity contribution < 1.29 is 18.7 Å². The van der Waals surface area contributed by atoms with Crippen LogP contribution in [0.1, 0.15) is 33.7 Å². The highest BCUT2D eigenvalue weighted by Gasteiger charge is 2.21. The Morgan fingerprint density at radius 1 is 1.67 bits per heavy atom. The number of alkyl halides is 3. The molecule has 6 heteroatoms. The maximum absolute atomic E-state index is 12.6. The van der Waals surface area contributed by atoms with Crippen molar-refractivity contribution in [1.82, 2.24) is 4.98 Å². The molecule has 1 rings (SSSR count). The van der Waals surface area contributed by atoms with Crippen LogP contribution in [-0.4, -0.2) is 16.1 Å². The van der Waals surface area contributed by atoms with Crippen molar-refractivity contribution in [1.29, 1.82) is 0 Å². The van der Waals surface area contributed by atoms with Crippen LogP contribution in [0.4, 0.5) is 8.78 Å². The van der Waals surface area contributed by atoms with Crippen LogP contribution in [-0.2, 0) is 5.33 Å². The lowest BCUT2D eigenvalue weighted by atomic mass is 10.1. The van der Waals surface area contributed by atoms with E-state index < -0.39 is 23.5 Å². The van der Waals surface area contributed by atoms with E-state index in [9.17, 15) is 13.6 Å². The monoisotopic (exact) mass is 279 g/mol. The molecular weight excluding hydrogens is 272 g/mol. The molecule has 0 aliphatic carbocycles. The Labute approximate surface area is 93.3 Å². The Hall–Kier alpha value is -1.04. The maximum Gasteiger partial charge on any atom is 0.338 e. The van der Waals surface area contributed by atoms with Gasteiger partial charge in [0.05, 0.1) is 17.0 Å². The number of hydrogen-bond donors (Lipinski definition) is 1. The summed E-state index contributed by atoms with van der Waals surface area (Å²) < 4.78 is 25.2. The van der Waals surface area contributed by atoms with Gasteiger partial charge in [-0.25, -0.2) is 13.6 Å². The number of aryl methyl sites for hydroxylation is 1. The molecule has 0 radical (unpaired) electrons.